The zero-order chi connectivity index (χ0) is 8.27. The van der Waals surface area contributed by atoms with Gasteiger partial charge in [-0.15, -0.1) is 0 Å². The van der Waals surface area contributed by atoms with Gasteiger partial charge in [-0.05, 0) is 31.0 Å². The molecule has 0 aliphatic carbocycles. The molecule has 1 unspecified atom stereocenters. The number of anilines is 1. The summed E-state index contributed by atoms with van der Waals surface area (Å²) in [5.74, 6) is 0.558. The molecule has 1 rings (SSSR count). The van der Waals surface area contributed by atoms with Crippen LogP contribution in [0.15, 0.2) is 18.3 Å². The number of nitrogens with zero attached hydrogens (tertiary/aromatic N) is 1. The Morgan fingerprint density at radius 1 is 1.64 bits per heavy atom. The van der Waals surface area contributed by atoms with Crippen molar-refractivity contribution in [2.75, 3.05) is 5.73 Å². The molecular formula is C8H13N3. The molecule has 3 nitrogen and oxygen atoms in total. The van der Waals surface area contributed by atoms with Crippen molar-refractivity contribution in [3.8, 4) is 0 Å². The summed E-state index contributed by atoms with van der Waals surface area (Å²) in [7, 11) is 0. The lowest BCUT2D eigenvalue weighted by molar-refractivity contribution is 0.737. The van der Waals surface area contributed by atoms with Crippen LogP contribution in [0.2, 0.25) is 0 Å². The first-order valence-corrected chi connectivity index (χ1v) is 3.64. The highest BCUT2D eigenvalue weighted by Gasteiger charge is 1.97. The lowest BCUT2D eigenvalue weighted by Crippen LogP contribution is -2.17. The van der Waals surface area contributed by atoms with Crippen LogP contribution in [0.1, 0.15) is 12.5 Å². The van der Waals surface area contributed by atoms with Gasteiger partial charge < -0.3 is 11.5 Å². The van der Waals surface area contributed by atoms with Gasteiger partial charge in [0.05, 0.1) is 0 Å². The van der Waals surface area contributed by atoms with E-state index in [2.05, 4.69) is 4.98 Å². The van der Waals surface area contributed by atoms with Gasteiger partial charge in [-0.2, -0.15) is 0 Å². The molecular weight excluding hydrogens is 138 g/mol. The summed E-state index contributed by atoms with van der Waals surface area (Å²) in [5.41, 5.74) is 12.2. The quantitative estimate of drug-likeness (QED) is 0.648. The lowest BCUT2D eigenvalue weighted by atomic mass is 10.1. The van der Waals surface area contributed by atoms with E-state index in [-0.39, 0.29) is 6.04 Å². The fourth-order valence-electron chi connectivity index (χ4n) is 0.993. The molecule has 3 heteroatoms. The fourth-order valence-corrected chi connectivity index (χ4v) is 0.993. The second-order valence-corrected chi connectivity index (χ2v) is 2.77. The van der Waals surface area contributed by atoms with E-state index < -0.39 is 0 Å². The summed E-state index contributed by atoms with van der Waals surface area (Å²) in [6.45, 7) is 1.97. The highest BCUT2D eigenvalue weighted by Crippen LogP contribution is 2.04. The summed E-state index contributed by atoms with van der Waals surface area (Å²) in [6, 6.07) is 3.96. The number of hydrogen-bond acceptors (Lipinski definition) is 3. The molecule has 1 aromatic heterocycles. The first kappa shape index (κ1) is 8.01. The van der Waals surface area contributed by atoms with Crippen molar-refractivity contribution in [1.29, 1.82) is 0 Å². The van der Waals surface area contributed by atoms with E-state index in [4.69, 9.17) is 11.5 Å². The van der Waals surface area contributed by atoms with Crippen LogP contribution in [-0.4, -0.2) is 11.0 Å². The Bertz CT molecular complexity index is 233. The van der Waals surface area contributed by atoms with Crippen LogP contribution in [0.4, 0.5) is 5.82 Å². The highest BCUT2D eigenvalue weighted by atomic mass is 14.8. The predicted octanol–water partition coefficient (Wildman–Crippen LogP) is 0.554. The van der Waals surface area contributed by atoms with Crippen molar-refractivity contribution in [1.82, 2.24) is 4.98 Å². The topological polar surface area (TPSA) is 64.9 Å². The summed E-state index contributed by atoms with van der Waals surface area (Å²) >= 11 is 0. The third kappa shape index (κ3) is 2.55. The van der Waals surface area contributed by atoms with Gasteiger partial charge in [-0.1, -0.05) is 0 Å². The SMILES string of the molecule is CC(N)Cc1ccnc(N)c1. The molecule has 1 heterocycles. The molecule has 0 fully saturated rings. The van der Waals surface area contributed by atoms with Gasteiger partial charge in [-0.25, -0.2) is 4.98 Å². The van der Waals surface area contributed by atoms with Gasteiger partial charge >= 0.3 is 0 Å². The molecule has 0 aromatic carbocycles. The summed E-state index contributed by atoms with van der Waals surface area (Å²) in [4.78, 5) is 3.88. The van der Waals surface area contributed by atoms with Crippen LogP contribution in [0.5, 0.6) is 0 Å². The first-order chi connectivity index (χ1) is 5.18. The van der Waals surface area contributed by atoms with E-state index in [0.29, 0.717) is 5.82 Å². The van der Waals surface area contributed by atoms with Gasteiger partial charge in [0.1, 0.15) is 5.82 Å². The summed E-state index contributed by atoms with van der Waals surface area (Å²) in [6.07, 6.45) is 2.56. The third-order valence-electron chi connectivity index (χ3n) is 1.40. The van der Waals surface area contributed by atoms with Crippen molar-refractivity contribution in [2.45, 2.75) is 19.4 Å². The molecule has 0 saturated carbocycles. The maximum Gasteiger partial charge on any atom is 0.123 e. The molecule has 0 aliphatic rings. The van der Waals surface area contributed by atoms with Crippen LogP contribution in [0.25, 0.3) is 0 Å². The molecule has 0 amide bonds. The van der Waals surface area contributed by atoms with Crippen LogP contribution in [0.3, 0.4) is 0 Å². The highest BCUT2D eigenvalue weighted by molar-refractivity contribution is 5.32. The Hall–Kier alpha value is -1.09. The van der Waals surface area contributed by atoms with Crippen molar-refractivity contribution >= 4 is 5.82 Å². The number of rotatable bonds is 2. The van der Waals surface area contributed by atoms with Crippen molar-refractivity contribution < 1.29 is 0 Å². The standard InChI is InChI=1S/C8H13N3/c1-6(9)4-7-2-3-11-8(10)5-7/h2-3,5-6H,4,9H2,1H3,(H2,10,11). The fraction of sp³-hybridized carbons (Fsp3) is 0.375. The molecule has 4 N–H and O–H groups in total. The average molecular weight is 151 g/mol. The predicted molar refractivity (Wildman–Crippen MR) is 46.0 cm³/mol. The Balaban J connectivity index is 2.71. The maximum atomic E-state index is 5.61. The Labute approximate surface area is 66.4 Å². The van der Waals surface area contributed by atoms with Crippen LogP contribution < -0.4 is 11.5 Å². The van der Waals surface area contributed by atoms with Crippen molar-refractivity contribution in [3.05, 3.63) is 23.9 Å². The molecule has 0 radical (unpaired) electrons. The second-order valence-electron chi connectivity index (χ2n) is 2.77. The zero-order valence-electron chi connectivity index (χ0n) is 6.62. The van der Waals surface area contributed by atoms with Gasteiger partial charge in [0.2, 0.25) is 0 Å². The first-order valence-electron chi connectivity index (χ1n) is 3.64. The summed E-state index contributed by atoms with van der Waals surface area (Å²) in [5, 5.41) is 0. The number of pyridine rings is 1. The monoisotopic (exact) mass is 151 g/mol. The van der Waals surface area contributed by atoms with Gasteiger partial charge in [0, 0.05) is 12.2 Å². The number of nitrogens with two attached hydrogens (primary N) is 2. The van der Waals surface area contributed by atoms with Gasteiger partial charge in [0.15, 0.2) is 0 Å². The van der Waals surface area contributed by atoms with Crippen molar-refractivity contribution in [2.24, 2.45) is 5.73 Å². The number of hydrogen-bond donors (Lipinski definition) is 2. The number of nitrogen functional groups attached to an aromatic ring is 1. The lowest BCUT2D eigenvalue weighted by Gasteiger charge is -2.04. The van der Waals surface area contributed by atoms with E-state index in [1.54, 1.807) is 6.20 Å². The van der Waals surface area contributed by atoms with Crippen LogP contribution in [0, 0.1) is 0 Å². The second kappa shape index (κ2) is 3.34. The van der Waals surface area contributed by atoms with E-state index in [1.165, 1.54) is 0 Å². The molecule has 1 aromatic rings. The molecule has 0 saturated heterocycles. The largest absolute Gasteiger partial charge is 0.384 e. The maximum absolute atomic E-state index is 5.61. The van der Waals surface area contributed by atoms with Crippen molar-refractivity contribution in [3.63, 3.8) is 0 Å². The minimum Gasteiger partial charge on any atom is -0.384 e. The molecule has 0 bridgehead atoms. The summed E-state index contributed by atoms with van der Waals surface area (Å²) < 4.78 is 0. The van der Waals surface area contributed by atoms with Gasteiger partial charge in [-0.3, -0.25) is 0 Å². The minimum absolute atomic E-state index is 0.178. The average Bonchev–Trinajstić information content (AvgIpc) is 1.85. The normalized spacial score (nSPS) is 12.9. The molecule has 0 aliphatic heterocycles. The number of aromatic nitrogens is 1. The van der Waals surface area contributed by atoms with E-state index in [0.717, 1.165) is 12.0 Å². The molecule has 60 valence electrons. The molecule has 0 spiro atoms. The Morgan fingerprint density at radius 2 is 2.36 bits per heavy atom. The molecule has 11 heavy (non-hydrogen) atoms. The van der Waals surface area contributed by atoms with E-state index in [1.807, 2.05) is 19.1 Å². The van der Waals surface area contributed by atoms with E-state index in [9.17, 15) is 0 Å². The Morgan fingerprint density at radius 3 is 2.91 bits per heavy atom. The Kier molecular flexibility index (Phi) is 2.44. The van der Waals surface area contributed by atoms with Crippen LogP contribution in [-0.2, 0) is 6.42 Å². The van der Waals surface area contributed by atoms with Gasteiger partial charge in [0.25, 0.3) is 0 Å². The van der Waals surface area contributed by atoms with E-state index >= 15 is 0 Å². The smallest absolute Gasteiger partial charge is 0.123 e. The minimum atomic E-state index is 0.178. The zero-order valence-corrected chi connectivity index (χ0v) is 6.62. The van der Waals surface area contributed by atoms with Crippen LogP contribution >= 0.6 is 0 Å². The molecule has 1 atom stereocenters. The third-order valence-corrected chi connectivity index (χ3v) is 1.40.